The molecule has 0 aliphatic heterocycles. The van der Waals surface area contributed by atoms with Crippen LogP contribution in [0.3, 0.4) is 0 Å². The molecule has 152 valence electrons. The Morgan fingerprint density at radius 1 is 1.00 bits per heavy atom. The van der Waals surface area contributed by atoms with Crippen LogP contribution < -0.4 is 15.4 Å². The highest BCUT2D eigenvalue weighted by Gasteiger charge is 2.15. The molecule has 3 N–H and O–H groups in total. The number of guanidine groups is 1. The fourth-order valence-electron chi connectivity index (χ4n) is 2.66. The van der Waals surface area contributed by atoms with Crippen molar-refractivity contribution in [1.82, 2.24) is 15.4 Å². The van der Waals surface area contributed by atoms with Crippen molar-refractivity contribution in [2.75, 3.05) is 7.05 Å². The molecule has 2 aromatic carbocycles. The van der Waals surface area contributed by atoms with Crippen LogP contribution in [0.2, 0.25) is 0 Å². The summed E-state index contributed by atoms with van der Waals surface area (Å²) in [6, 6.07) is 13.5. The van der Waals surface area contributed by atoms with E-state index in [1.54, 1.807) is 33.0 Å². The second-order valence-corrected chi connectivity index (χ2v) is 8.46. The molecule has 0 aromatic heterocycles. The van der Waals surface area contributed by atoms with Gasteiger partial charge in [-0.3, -0.25) is 4.99 Å². The van der Waals surface area contributed by atoms with E-state index in [0.29, 0.717) is 19.0 Å². The summed E-state index contributed by atoms with van der Waals surface area (Å²) in [6.45, 7) is 4.51. The molecule has 0 aliphatic carbocycles. The summed E-state index contributed by atoms with van der Waals surface area (Å²) in [4.78, 5) is 4.17. The Kier molecular flexibility index (Phi) is 7.95. The molecular formula is C20H27FN4O2S. The van der Waals surface area contributed by atoms with Crippen LogP contribution >= 0.6 is 0 Å². The van der Waals surface area contributed by atoms with Gasteiger partial charge in [0.25, 0.3) is 0 Å². The Morgan fingerprint density at radius 2 is 1.61 bits per heavy atom. The minimum atomic E-state index is -3.40. The number of nitrogens with one attached hydrogen (secondary N) is 3. The molecule has 0 heterocycles. The average molecular weight is 407 g/mol. The predicted molar refractivity (Wildman–Crippen MR) is 111 cm³/mol. The number of rotatable bonds is 8. The molecule has 0 atom stereocenters. The topological polar surface area (TPSA) is 82.6 Å². The van der Waals surface area contributed by atoms with Crippen molar-refractivity contribution in [3.63, 3.8) is 0 Å². The van der Waals surface area contributed by atoms with Crippen molar-refractivity contribution >= 4 is 16.0 Å². The summed E-state index contributed by atoms with van der Waals surface area (Å²) in [5.74, 6) is 0.219. The van der Waals surface area contributed by atoms with Gasteiger partial charge in [0.2, 0.25) is 10.0 Å². The first-order valence-electron chi connectivity index (χ1n) is 9.05. The highest BCUT2D eigenvalue weighted by Crippen LogP contribution is 2.12. The first-order chi connectivity index (χ1) is 13.3. The minimum absolute atomic E-state index is 0.0787. The molecular weight excluding hydrogens is 379 g/mol. The van der Waals surface area contributed by atoms with E-state index >= 15 is 0 Å². The van der Waals surface area contributed by atoms with Crippen LogP contribution in [0.5, 0.6) is 0 Å². The fraction of sp³-hybridized carbons (Fsp3) is 0.350. The SMILES string of the molecule is CN=C(NCc1ccc(F)cc1)NCc1ccccc1CS(=O)(=O)NC(C)C. The molecule has 2 rings (SSSR count). The molecule has 0 saturated carbocycles. The van der Waals surface area contributed by atoms with Crippen LogP contribution in [-0.2, 0) is 28.9 Å². The van der Waals surface area contributed by atoms with Gasteiger partial charge in [-0.1, -0.05) is 36.4 Å². The van der Waals surface area contributed by atoms with E-state index in [1.807, 2.05) is 24.3 Å². The van der Waals surface area contributed by atoms with E-state index in [9.17, 15) is 12.8 Å². The molecule has 0 saturated heterocycles. The Hall–Kier alpha value is -2.45. The third-order valence-corrected chi connectivity index (χ3v) is 5.44. The maximum atomic E-state index is 13.0. The molecule has 8 heteroatoms. The Labute approximate surface area is 166 Å². The van der Waals surface area contributed by atoms with Gasteiger partial charge in [-0.25, -0.2) is 17.5 Å². The second-order valence-electron chi connectivity index (χ2n) is 6.71. The number of aliphatic imine (C=N–C) groups is 1. The summed E-state index contributed by atoms with van der Waals surface area (Å²) < 4.78 is 40.1. The molecule has 6 nitrogen and oxygen atoms in total. The number of benzene rings is 2. The van der Waals surface area contributed by atoms with E-state index in [0.717, 1.165) is 16.7 Å². The first kappa shape index (κ1) is 21.8. The zero-order valence-corrected chi connectivity index (χ0v) is 17.2. The van der Waals surface area contributed by atoms with Gasteiger partial charge in [0.05, 0.1) is 5.75 Å². The maximum Gasteiger partial charge on any atom is 0.216 e. The fourth-order valence-corrected chi connectivity index (χ4v) is 4.16. The third-order valence-electron chi connectivity index (χ3n) is 3.92. The van der Waals surface area contributed by atoms with E-state index in [-0.39, 0.29) is 17.6 Å². The molecule has 0 radical (unpaired) electrons. The lowest BCUT2D eigenvalue weighted by molar-refractivity contribution is 0.568. The highest BCUT2D eigenvalue weighted by atomic mass is 32.2. The summed E-state index contributed by atoms with van der Waals surface area (Å²) in [6.07, 6.45) is 0. The molecule has 0 amide bonds. The molecule has 2 aromatic rings. The molecule has 0 spiro atoms. The lowest BCUT2D eigenvalue weighted by Gasteiger charge is -2.15. The first-order valence-corrected chi connectivity index (χ1v) is 10.7. The van der Waals surface area contributed by atoms with Gasteiger partial charge in [0, 0.05) is 26.2 Å². The van der Waals surface area contributed by atoms with Gasteiger partial charge in [-0.05, 0) is 42.7 Å². The highest BCUT2D eigenvalue weighted by molar-refractivity contribution is 7.88. The molecule has 0 unspecified atom stereocenters. The van der Waals surface area contributed by atoms with E-state index in [2.05, 4.69) is 20.3 Å². The number of halogens is 1. The van der Waals surface area contributed by atoms with Gasteiger partial charge in [0.1, 0.15) is 5.82 Å². The van der Waals surface area contributed by atoms with Crippen LogP contribution in [0.1, 0.15) is 30.5 Å². The van der Waals surface area contributed by atoms with E-state index in [4.69, 9.17) is 0 Å². The standard InChI is InChI=1S/C20H27FN4O2S/c1-15(2)25-28(26,27)14-18-7-5-4-6-17(18)13-24-20(22-3)23-12-16-8-10-19(21)11-9-16/h4-11,15,25H,12-14H2,1-3H3,(H2,22,23,24). The van der Waals surface area contributed by atoms with Gasteiger partial charge in [-0.2, -0.15) is 0 Å². The summed E-state index contributed by atoms with van der Waals surface area (Å²) in [7, 11) is -1.75. The predicted octanol–water partition coefficient (Wildman–Crippen LogP) is 2.52. The third kappa shape index (κ3) is 7.28. The van der Waals surface area contributed by atoms with Crippen LogP contribution in [0.15, 0.2) is 53.5 Å². The quantitative estimate of drug-likeness (QED) is 0.465. The van der Waals surface area contributed by atoms with E-state index < -0.39 is 10.0 Å². The Bertz CT molecular complexity index is 897. The van der Waals surface area contributed by atoms with Crippen LogP contribution in [-0.4, -0.2) is 27.5 Å². The van der Waals surface area contributed by atoms with E-state index in [1.165, 1.54) is 12.1 Å². The van der Waals surface area contributed by atoms with Gasteiger partial charge < -0.3 is 10.6 Å². The van der Waals surface area contributed by atoms with Gasteiger partial charge in [-0.15, -0.1) is 0 Å². The largest absolute Gasteiger partial charge is 0.352 e. The van der Waals surface area contributed by atoms with Crippen molar-refractivity contribution in [1.29, 1.82) is 0 Å². The summed E-state index contributed by atoms with van der Waals surface area (Å²) in [5, 5.41) is 6.34. The molecule has 0 bridgehead atoms. The van der Waals surface area contributed by atoms with Crippen molar-refractivity contribution in [3.05, 3.63) is 71.0 Å². The van der Waals surface area contributed by atoms with Crippen LogP contribution in [0.4, 0.5) is 4.39 Å². The number of hydrogen-bond acceptors (Lipinski definition) is 3. The van der Waals surface area contributed by atoms with Gasteiger partial charge in [0.15, 0.2) is 5.96 Å². The molecule has 0 fully saturated rings. The van der Waals surface area contributed by atoms with Crippen LogP contribution in [0.25, 0.3) is 0 Å². The number of nitrogens with zero attached hydrogens (tertiary/aromatic N) is 1. The van der Waals surface area contributed by atoms with Gasteiger partial charge >= 0.3 is 0 Å². The molecule has 28 heavy (non-hydrogen) atoms. The molecule has 0 aliphatic rings. The lowest BCUT2D eigenvalue weighted by Crippen LogP contribution is -2.36. The Balaban J connectivity index is 1.98. The number of sulfonamides is 1. The smallest absolute Gasteiger partial charge is 0.216 e. The number of hydrogen-bond donors (Lipinski definition) is 3. The zero-order valence-electron chi connectivity index (χ0n) is 16.4. The zero-order chi connectivity index (χ0) is 20.6. The Morgan fingerprint density at radius 3 is 2.21 bits per heavy atom. The minimum Gasteiger partial charge on any atom is -0.352 e. The van der Waals surface area contributed by atoms with Crippen molar-refractivity contribution in [2.24, 2.45) is 4.99 Å². The normalized spacial score (nSPS) is 12.2. The summed E-state index contributed by atoms with van der Waals surface area (Å²) >= 11 is 0. The van der Waals surface area contributed by atoms with Crippen LogP contribution in [0, 0.1) is 5.82 Å². The van der Waals surface area contributed by atoms with Crippen molar-refractivity contribution < 1.29 is 12.8 Å². The average Bonchev–Trinajstić information content (AvgIpc) is 2.63. The van der Waals surface area contributed by atoms with Crippen molar-refractivity contribution in [3.8, 4) is 0 Å². The monoisotopic (exact) mass is 406 g/mol. The lowest BCUT2D eigenvalue weighted by atomic mass is 10.1. The maximum absolute atomic E-state index is 13.0. The second kappa shape index (κ2) is 10.2. The summed E-state index contributed by atoms with van der Waals surface area (Å²) in [5.41, 5.74) is 2.54. The van der Waals surface area contributed by atoms with Crippen molar-refractivity contribution in [2.45, 2.75) is 38.7 Å².